The highest BCUT2D eigenvalue weighted by Gasteiger charge is 2.33. The van der Waals surface area contributed by atoms with Crippen molar-refractivity contribution in [3.05, 3.63) is 11.0 Å². The summed E-state index contributed by atoms with van der Waals surface area (Å²) in [6.45, 7) is 2.36. The van der Waals surface area contributed by atoms with Gasteiger partial charge in [0, 0.05) is 19.3 Å². The predicted molar refractivity (Wildman–Crippen MR) is 94.0 cm³/mol. The van der Waals surface area contributed by atoms with E-state index < -0.39 is 31.6 Å². The van der Waals surface area contributed by atoms with Gasteiger partial charge in [0.1, 0.15) is 16.7 Å². The van der Waals surface area contributed by atoms with Crippen molar-refractivity contribution in [1.82, 2.24) is 15.0 Å². The van der Waals surface area contributed by atoms with Gasteiger partial charge in [-0.25, -0.2) is 22.8 Å². The molecule has 1 aliphatic heterocycles. The number of aromatic nitrogens is 3. The number of anilines is 1. The zero-order valence-corrected chi connectivity index (χ0v) is 16.0. The lowest BCUT2D eigenvalue weighted by Gasteiger charge is -2.38. The molecule has 2 aromatic rings. The van der Waals surface area contributed by atoms with Gasteiger partial charge in [0.05, 0.1) is 12.7 Å². The number of pyridine rings is 1. The van der Waals surface area contributed by atoms with Gasteiger partial charge >= 0.3 is 0 Å². The van der Waals surface area contributed by atoms with Crippen molar-refractivity contribution in [2.75, 3.05) is 31.4 Å². The van der Waals surface area contributed by atoms with Gasteiger partial charge in [-0.15, -0.1) is 0 Å². The topological polar surface area (TPSA) is 106 Å². The second-order valence-corrected chi connectivity index (χ2v) is 8.84. The molecule has 0 unspecified atom stereocenters. The number of aliphatic hydroxyl groups is 1. The number of rotatable bonds is 3. The summed E-state index contributed by atoms with van der Waals surface area (Å²) in [6, 6.07) is 0. The Bertz CT molecular complexity index is 984. The molecule has 0 spiro atoms. The zero-order chi connectivity index (χ0) is 19.3. The van der Waals surface area contributed by atoms with Gasteiger partial charge in [-0.2, -0.15) is 4.98 Å². The number of β-amino-alcohol motifs (C(OH)–C–C–N with tert-alkyl or cyclic N) is 1. The third-order valence-electron chi connectivity index (χ3n) is 4.17. The van der Waals surface area contributed by atoms with E-state index in [4.69, 9.17) is 16.3 Å². The van der Waals surface area contributed by atoms with E-state index in [1.165, 1.54) is 7.11 Å². The van der Waals surface area contributed by atoms with Crippen LogP contribution in [-0.4, -0.2) is 60.5 Å². The summed E-state index contributed by atoms with van der Waals surface area (Å²) in [6.07, 6.45) is 2.17. The molecule has 1 N–H and O–H groups in total. The van der Waals surface area contributed by atoms with Crippen LogP contribution >= 0.6 is 11.6 Å². The number of piperidine rings is 1. The molecular formula is C15H18ClFN4O4S. The third-order valence-corrected chi connectivity index (χ3v) is 5.27. The molecule has 3 heterocycles. The van der Waals surface area contributed by atoms with Gasteiger partial charge in [0.15, 0.2) is 11.0 Å². The lowest BCUT2D eigenvalue weighted by atomic mass is 9.95. The Morgan fingerprint density at radius 2 is 2.04 bits per heavy atom. The Morgan fingerprint density at radius 1 is 1.35 bits per heavy atom. The summed E-state index contributed by atoms with van der Waals surface area (Å²) in [5.74, 6) is -0.846. The fourth-order valence-corrected chi connectivity index (χ4v) is 3.70. The van der Waals surface area contributed by atoms with Crippen molar-refractivity contribution in [3.63, 3.8) is 0 Å². The van der Waals surface area contributed by atoms with Crippen LogP contribution < -0.4 is 9.64 Å². The van der Waals surface area contributed by atoms with Crippen LogP contribution in [-0.2, 0) is 9.84 Å². The molecule has 3 rings (SSSR count). The minimum absolute atomic E-state index is 0.0216. The van der Waals surface area contributed by atoms with Crippen LogP contribution in [0.4, 0.5) is 10.2 Å². The average molecular weight is 405 g/mol. The molecule has 8 nitrogen and oxygen atoms in total. The molecule has 2 aromatic heterocycles. The van der Waals surface area contributed by atoms with Crippen molar-refractivity contribution in [1.29, 1.82) is 0 Å². The maximum atomic E-state index is 14.6. The number of hydrogen-bond donors (Lipinski definition) is 1. The summed E-state index contributed by atoms with van der Waals surface area (Å²) in [7, 11) is -2.49. The molecule has 0 aromatic carbocycles. The average Bonchev–Trinajstić information content (AvgIpc) is 2.55. The largest absolute Gasteiger partial charge is 0.480 e. The number of ether oxygens (including phenoxy) is 1. The van der Waals surface area contributed by atoms with Gasteiger partial charge in [-0.3, -0.25) is 0 Å². The Kier molecular flexibility index (Phi) is 4.70. The van der Waals surface area contributed by atoms with Crippen molar-refractivity contribution < 1.29 is 22.7 Å². The third kappa shape index (κ3) is 3.40. The minimum Gasteiger partial charge on any atom is -0.480 e. The summed E-state index contributed by atoms with van der Waals surface area (Å²) in [5, 5.41) is 9.48. The predicted octanol–water partition coefficient (Wildman–Crippen LogP) is 1.58. The lowest BCUT2D eigenvalue weighted by molar-refractivity contribution is 0.0447. The number of halogens is 2. The standard InChI is InChI=1S/C15H18ClFN4O4S/c1-15(22)5-4-6-21(7-15)12-8-10(18-14(20-12)26(3,23)24)9(17)11(16)19-13(8)25-2/h22H,4-7H2,1-3H3/t15-/m1/s1. The minimum atomic E-state index is -3.82. The summed E-state index contributed by atoms with van der Waals surface area (Å²) in [5.41, 5.74) is -1.29. The molecule has 0 bridgehead atoms. The number of methoxy groups -OCH3 is 1. The molecule has 1 fully saturated rings. The van der Waals surface area contributed by atoms with E-state index in [1.807, 2.05) is 0 Å². The van der Waals surface area contributed by atoms with Crippen LogP contribution in [0.5, 0.6) is 5.88 Å². The number of hydrogen-bond acceptors (Lipinski definition) is 8. The van der Waals surface area contributed by atoms with Gasteiger partial charge in [0.25, 0.3) is 0 Å². The van der Waals surface area contributed by atoms with Crippen LogP contribution in [0.25, 0.3) is 10.9 Å². The monoisotopic (exact) mass is 404 g/mol. The normalized spacial score (nSPS) is 21.2. The first-order chi connectivity index (χ1) is 12.0. The molecule has 1 atom stereocenters. The van der Waals surface area contributed by atoms with Crippen LogP contribution in [0.1, 0.15) is 19.8 Å². The van der Waals surface area contributed by atoms with Crippen molar-refractivity contribution >= 4 is 38.2 Å². The maximum Gasteiger partial charge on any atom is 0.249 e. The van der Waals surface area contributed by atoms with Gasteiger partial charge in [0.2, 0.25) is 20.9 Å². The van der Waals surface area contributed by atoms with E-state index in [9.17, 15) is 17.9 Å². The first-order valence-corrected chi connectivity index (χ1v) is 10.1. The van der Waals surface area contributed by atoms with E-state index in [1.54, 1.807) is 11.8 Å². The van der Waals surface area contributed by atoms with Crippen LogP contribution in [0, 0.1) is 5.82 Å². The fourth-order valence-electron chi connectivity index (χ4n) is 3.02. The summed E-state index contributed by atoms with van der Waals surface area (Å²) < 4.78 is 43.8. The molecule has 1 aliphatic rings. The molecule has 0 amide bonds. The molecule has 26 heavy (non-hydrogen) atoms. The van der Waals surface area contributed by atoms with Gasteiger partial charge < -0.3 is 14.7 Å². The van der Waals surface area contributed by atoms with E-state index in [-0.39, 0.29) is 29.1 Å². The molecule has 11 heteroatoms. The highest BCUT2D eigenvalue weighted by atomic mass is 35.5. The SMILES string of the molecule is COc1nc(Cl)c(F)c2nc(S(C)(=O)=O)nc(N3CCC[C@@](C)(O)C3)c12. The summed E-state index contributed by atoms with van der Waals surface area (Å²) in [4.78, 5) is 13.5. The molecule has 142 valence electrons. The number of nitrogens with zero attached hydrogens (tertiary/aromatic N) is 4. The lowest BCUT2D eigenvalue weighted by Crippen LogP contribution is -2.46. The van der Waals surface area contributed by atoms with Gasteiger partial charge in [-0.05, 0) is 19.8 Å². The van der Waals surface area contributed by atoms with E-state index in [0.29, 0.717) is 19.4 Å². The smallest absolute Gasteiger partial charge is 0.249 e. The zero-order valence-electron chi connectivity index (χ0n) is 14.5. The van der Waals surface area contributed by atoms with Crippen LogP contribution in [0.15, 0.2) is 5.16 Å². The summed E-state index contributed by atoms with van der Waals surface area (Å²) >= 11 is 5.79. The van der Waals surface area contributed by atoms with Crippen LogP contribution in [0.2, 0.25) is 5.15 Å². The quantitative estimate of drug-likeness (QED) is 0.607. The Balaban J connectivity index is 2.37. The van der Waals surface area contributed by atoms with E-state index in [2.05, 4.69) is 15.0 Å². The first-order valence-electron chi connectivity index (χ1n) is 7.81. The molecule has 0 radical (unpaired) electrons. The molecular weight excluding hydrogens is 387 g/mol. The molecule has 0 saturated carbocycles. The highest BCUT2D eigenvalue weighted by Crippen LogP contribution is 2.37. The Morgan fingerprint density at radius 3 is 2.62 bits per heavy atom. The molecule has 1 saturated heterocycles. The highest BCUT2D eigenvalue weighted by molar-refractivity contribution is 7.90. The van der Waals surface area contributed by atoms with E-state index in [0.717, 1.165) is 6.26 Å². The second-order valence-electron chi connectivity index (χ2n) is 6.57. The van der Waals surface area contributed by atoms with Crippen molar-refractivity contribution in [2.45, 2.75) is 30.5 Å². The number of sulfone groups is 1. The van der Waals surface area contributed by atoms with E-state index >= 15 is 0 Å². The van der Waals surface area contributed by atoms with Crippen molar-refractivity contribution in [3.8, 4) is 5.88 Å². The Labute approximate surface area is 154 Å². The second kappa shape index (κ2) is 6.43. The molecule has 0 aliphatic carbocycles. The van der Waals surface area contributed by atoms with Gasteiger partial charge in [-0.1, -0.05) is 11.6 Å². The number of fused-ring (bicyclic) bond motifs is 1. The fraction of sp³-hybridized carbons (Fsp3) is 0.533. The van der Waals surface area contributed by atoms with Crippen molar-refractivity contribution in [2.24, 2.45) is 0 Å². The first kappa shape index (κ1) is 19.0. The maximum absolute atomic E-state index is 14.6. The van der Waals surface area contributed by atoms with Crippen LogP contribution in [0.3, 0.4) is 0 Å². The Hall–Kier alpha value is -1.78.